The first-order valence-corrected chi connectivity index (χ1v) is 7.60. The maximum Gasteiger partial charge on any atom is 0.573 e. The topological polar surface area (TPSA) is 42.0 Å². The van der Waals surface area contributed by atoms with Gasteiger partial charge in [0.05, 0.1) is 18.4 Å². The highest BCUT2D eigenvalue weighted by Crippen LogP contribution is 2.33. The second kappa shape index (κ2) is 7.29. The number of hydrogen-bond donors (Lipinski definition) is 0. The number of carbonyl (C=O) groups is 1. The molecule has 1 aliphatic rings. The van der Waals surface area contributed by atoms with Crippen LogP contribution in [-0.2, 0) is 4.74 Å². The minimum atomic E-state index is -4.81. The lowest BCUT2D eigenvalue weighted by atomic mass is 10.1. The summed E-state index contributed by atoms with van der Waals surface area (Å²) in [5, 5.41) is 0. The maximum absolute atomic E-state index is 12.4. The van der Waals surface area contributed by atoms with E-state index >= 15 is 0 Å². The molecule has 1 heterocycles. The molecule has 1 atom stereocenters. The lowest BCUT2D eigenvalue weighted by Gasteiger charge is -2.30. The number of alkyl halides is 3. The summed E-state index contributed by atoms with van der Waals surface area (Å²) in [6, 6.07) is 3.99. The monoisotopic (exact) mass is 346 g/mol. The number of methoxy groups -OCH3 is 1. The van der Waals surface area contributed by atoms with E-state index < -0.39 is 18.1 Å². The van der Waals surface area contributed by atoms with Crippen molar-refractivity contribution in [3.05, 3.63) is 23.8 Å². The highest BCUT2D eigenvalue weighted by Gasteiger charge is 2.33. The van der Waals surface area contributed by atoms with Crippen LogP contribution in [-0.4, -0.2) is 57.6 Å². The van der Waals surface area contributed by atoms with E-state index in [0.29, 0.717) is 5.69 Å². The number of hydrogen-bond acceptors (Lipinski definition) is 5. The molecule has 1 unspecified atom stereocenters. The molecule has 8 heteroatoms. The molecule has 1 aliphatic heterocycles. The Kier molecular flexibility index (Phi) is 5.58. The summed E-state index contributed by atoms with van der Waals surface area (Å²) in [5.41, 5.74) is 0.644. The van der Waals surface area contributed by atoms with Crippen LogP contribution in [0.25, 0.3) is 0 Å². The Morgan fingerprint density at radius 1 is 1.38 bits per heavy atom. The highest BCUT2D eigenvalue weighted by molar-refractivity contribution is 5.96. The number of halogens is 3. The lowest BCUT2D eigenvalue weighted by Crippen LogP contribution is -2.38. The summed E-state index contributed by atoms with van der Waals surface area (Å²) < 4.78 is 45.9. The van der Waals surface area contributed by atoms with Crippen molar-refractivity contribution in [2.24, 2.45) is 0 Å². The third-order valence-electron chi connectivity index (χ3n) is 3.87. The van der Waals surface area contributed by atoms with Crippen molar-refractivity contribution < 1.29 is 27.4 Å². The zero-order valence-electron chi connectivity index (χ0n) is 13.9. The van der Waals surface area contributed by atoms with Gasteiger partial charge >= 0.3 is 12.3 Å². The van der Waals surface area contributed by atoms with Crippen molar-refractivity contribution in [1.29, 1.82) is 0 Å². The molecule has 134 valence electrons. The smallest absolute Gasteiger partial charge is 0.465 e. The Labute approximate surface area is 138 Å². The molecule has 1 aromatic rings. The van der Waals surface area contributed by atoms with Gasteiger partial charge in [0.15, 0.2) is 0 Å². The Morgan fingerprint density at radius 3 is 2.67 bits per heavy atom. The lowest BCUT2D eigenvalue weighted by molar-refractivity contribution is -0.274. The quantitative estimate of drug-likeness (QED) is 0.767. The van der Waals surface area contributed by atoms with Gasteiger partial charge < -0.3 is 19.3 Å². The molecule has 0 bridgehead atoms. The molecule has 2 rings (SSSR count). The van der Waals surface area contributed by atoms with Crippen molar-refractivity contribution in [2.45, 2.75) is 25.2 Å². The van der Waals surface area contributed by atoms with Gasteiger partial charge in [0, 0.05) is 19.1 Å². The number of likely N-dealkylation sites (N-methyl/N-ethyl adjacent to an activating group) is 1. The molecular formula is C16H21F3N2O3. The number of ether oxygens (including phenoxy) is 2. The second-order valence-corrected chi connectivity index (χ2v) is 5.97. The van der Waals surface area contributed by atoms with Crippen LogP contribution in [0.2, 0.25) is 0 Å². The number of esters is 1. The van der Waals surface area contributed by atoms with Crippen molar-refractivity contribution in [3.8, 4) is 5.75 Å². The Morgan fingerprint density at radius 2 is 2.08 bits per heavy atom. The molecule has 0 saturated carbocycles. The third-order valence-corrected chi connectivity index (χ3v) is 3.87. The van der Waals surface area contributed by atoms with Crippen LogP contribution < -0.4 is 9.64 Å². The van der Waals surface area contributed by atoms with E-state index in [4.69, 9.17) is 4.74 Å². The molecule has 0 radical (unpaired) electrons. The summed E-state index contributed by atoms with van der Waals surface area (Å²) >= 11 is 0. The zero-order valence-corrected chi connectivity index (χ0v) is 13.9. The first kappa shape index (κ1) is 18.4. The maximum atomic E-state index is 12.4. The van der Waals surface area contributed by atoms with E-state index in [1.165, 1.54) is 19.2 Å². The van der Waals surface area contributed by atoms with Gasteiger partial charge in [-0.25, -0.2) is 4.79 Å². The van der Waals surface area contributed by atoms with Crippen LogP contribution in [0, 0.1) is 0 Å². The van der Waals surface area contributed by atoms with Crippen LogP contribution in [0.15, 0.2) is 18.2 Å². The van der Waals surface area contributed by atoms with Gasteiger partial charge in [-0.2, -0.15) is 0 Å². The van der Waals surface area contributed by atoms with E-state index in [0.717, 1.165) is 32.0 Å². The van der Waals surface area contributed by atoms with E-state index in [2.05, 4.69) is 4.74 Å². The predicted octanol–water partition coefficient (Wildman–Crippen LogP) is 2.90. The van der Waals surface area contributed by atoms with Crippen LogP contribution in [0.5, 0.6) is 5.75 Å². The number of rotatable bonds is 5. The van der Waals surface area contributed by atoms with Gasteiger partial charge in [-0.1, -0.05) is 0 Å². The standard InChI is InChI=1S/C16H21F3N2O3/c1-20(2)10-11-5-4-8-21(11)14-7-6-12(24-16(17,18)19)9-13(14)15(22)23-3/h6-7,9,11H,4-5,8,10H2,1-3H3. The summed E-state index contributed by atoms with van der Waals surface area (Å²) in [6.45, 7) is 1.53. The average Bonchev–Trinajstić information content (AvgIpc) is 2.91. The Balaban J connectivity index is 2.36. The summed E-state index contributed by atoms with van der Waals surface area (Å²) in [4.78, 5) is 16.1. The first-order valence-electron chi connectivity index (χ1n) is 7.60. The molecular weight excluding hydrogens is 325 g/mol. The first-order chi connectivity index (χ1) is 11.2. The number of carbonyl (C=O) groups excluding carboxylic acids is 1. The molecule has 0 N–H and O–H groups in total. The van der Waals surface area contributed by atoms with Gasteiger partial charge in [-0.3, -0.25) is 0 Å². The molecule has 1 saturated heterocycles. The second-order valence-electron chi connectivity index (χ2n) is 5.97. The number of anilines is 1. The normalized spacial score (nSPS) is 18.1. The average molecular weight is 346 g/mol. The minimum absolute atomic E-state index is 0.0740. The molecule has 5 nitrogen and oxygen atoms in total. The van der Waals surface area contributed by atoms with E-state index in [-0.39, 0.29) is 11.6 Å². The summed E-state index contributed by atoms with van der Waals surface area (Å²) in [6.07, 6.45) is -2.89. The Bertz CT molecular complexity index is 590. The van der Waals surface area contributed by atoms with Gasteiger partial charge in [-0.05, 0) is 45.1 Å². The van der Waals surface area contributed by atoms with Crippen molar-refractivity contribution in [3.63, 3.8) is 0 Å². The van der Waals surface area contributed by atoms with E-state index in [9.17, 15) is 18.0 Å². The van der Waals surface area contributed by atoms with Crippen molar-refractivity contribution >= 4 is 11.7 Å². The van der Waals surface area contributed by atoms with Gasteiger partial charge in [0.25, 0.3) is 0 Å². The molecule has 1 fully saturated rings. The minimum Gasteiger partial charge on any atom is -0.465 e. The van der Waals surface area contributed by atoms with Gasteiger partial charge in [-0.15, -0.1) is 13.2 Å². The number of nitrogens with zero attached hydrogens (tertiary/aromatic N) is 2. The SMILES string of the molecule is COC(=O)c1cc(OC(F)(F)F)ccc1N1CCCC1CN(C)C. The zero-order chi connectivity index (χ0) is 17.9. The fourth-order valence-electron chi connectivity index (χ4n) is 3.00. The summed E-state index contributed by atoms with van der Waals surface area (Å²) in [7, 11) is 5.11. The molecule has 24 heavy (non-hydrogen) atoms. The van der Waals surface area contributed by atoms with Gasteiger partial charge in [0.1, 0.15) is 5.75 Å². The van der Waals surface area contributed by atoms with E-state index in [1.807, 2.05) is 23.9 Å². The molecule has 0 amide bonds. The predicted molar refractivity (Wildman–Crippen MR) is 83.4 cm³/mol. The van der Waals surface area contributed by atoms with Crippen LogP contribution >= 0.6 is 0 Å². The van der Waals surface area contributed by atoms with E-state index in [1.54, 1.807) is 0 Å². The van der Waals surface area contributed by atoms with Crippen LogP contribution in [0.4, 0.5) is 18.9 Å². The number of benzene rings is 1. The van der Waals surface area contributed by atoms with Crippen LogP contribution in [0.3, 0.4) is 0 Å². The van der Waals surface area contributed by atoms with Crippen LogP contribution in [0.1, 0.15) is 23.2 Å². The highest BCUT2D eigenvalue weighted by atomic mass is 19.4. The molecule has 0 aromatic heterocycles. The van der Waals surface area contributed by atoms with Crippen molar-refractivity contribution in [1.82, 2.24) is 4.90 Å². The van der Waals surface area contributed by atoms with Crippen molar-refractivity contribution in [2.75, 3.05) is 39.2 Å². The Hall–Kier alpha value is -1.96. The molecule has 0 spiro atoms. The van der Waals surface area contributed by atoms with Gasteiger partial charge in [0.2, 0.25) is 0 Å². The summed E-state index contributed by atoms with van der Waals surface area (Å²) in [5.74, 6) is -1.12. The molecule has 0 aliphatic carbocycles. The third kappa shape index (κ3) is 4.53. The largest absolute Gasteiger partial charge is 0.573 e. The fourth-order valence-corrected chi connectivity index (χ4v) is 3.00. The fraction of sp³-hybridized carbons (Fsp3) is 0.562. The molecule has 1 aromatic carbocycles.